The first-order valence-electron chi connectivity index (χ1n) is 7.94. The van der Waals surface area contributed by atoms with Crippen LogP contribution in [0.15, 0.2) is 46.2 Å². The number of benzene rings is 2. The van der Waals surface area contributed by atoms with Gasteiger partial charge in [0.1, 0.15) is 27.2 Å². The molecule has 28 heavy (non-hydrogen) atoms. The fourth-order valence-corrected chi connectivity index (χ4v) is 6.16. The maximum absolute atomic E-state index is 13.9. The molecule has 1 heterocycles. The highest BCUT2D eigenvalue weighted by atomic mass is 35.5. The van der Waals surface area contributed by atoms with E-state index >= 15 is 0 Å². The number of nitrogens with zero attached hydrogens (tertiary/aromatic N) is 2. The van der Waals surface area contributed by atoms with Gasteiger partial charge in [-0.2, -0.15) is 8.61 Å². The van der Waals surface area contributed by atoms with Gasteiger partial charge in [-0.25, -0.2) is 30.0 Å². The Labute approximate surface area is 165 Å². The lowest BCUT2D eigenvalue weighted by molar-refractivity contribution is 0.272. The number of halogens is 4. The fourth-order valence-electron chi connectivity index (χ4n) is 2.79. The van der Waals surface area contributed by atoms with Crippen LogP contribution in [0.4, 0.5) is 13.2 Å². The summed E-state index contributed by atoms with van der Waals surface area (Å²) in [5.41, 5.74) is 0. The van der Waals surface area contributed by atoms with Crippen molar-refractivity contribution >= 4 is 31.6 Å². The summed E-state index contributed by atoms with van der Waals surface area (Å²) in [6.45, 7) is -0.995. The molecule has 0 bridgehead atoms. The molecule has 0 atom stereocenters. The Bertz CT molecular complexity index is 1120. The van der Waals surface area contributed by atoms with Crippen molar-refractivity contribution in [1.82, 2.24) is 8.61 Å². The Hall–Kier alpha value is -1.66. The minimum Gasteiger partial charge on any atom is -0.207 e. The van der Waals surface area contributed by atoms with E-state index in [2.05, 4.69) is 0 Å². The van der Waals surface area contributed by atoms with Gasteiger partial charge in [-0.1, -0.05) is 11.6 Å². The Balaban J connectivity index is 1.81. The Morgan fingerprint density at radius 1 is 0.714 bits per heavy atom. The van der Waals surface area contributed by atoms with Gasteiger partial charge in [0.2, 0.25) is 20.0 Å². The summed E-state index contributed by atoms with van der Waals surface area (Å²) in [4.78, 5) is -1.12. The molecular formula is C16H14ClF3N2O4S2. The molecule has 1 fully saturated rings. The lowest BCUT2D eigenvalue weighted by Crippen LogP contribution is -2.50. The first kappa shape index (κ1) is 21.1. The average Bonchev–Trinajstić information content (AvgIpc) is 2.63. The smallest absolute Gasteiger partial charge is 0.207 e. The molecule has 1 aliphatic rings. The van der Waals surface area contributed by atoms with Crippen LogP contribution in [-0.4, -0.2) is 51.6 Å². The molecule has 6 nitrogen and oxygen atoms in total. The Morgan fingerprint density at radius 2 is 1.18 bits per heavy atom. The van der Waals surface area contributed by atoms with Crippen molar-refractivity contribution in [2.75, 3.05) is 26.2 Å². The van der Waals surface area contributed by atoms with Gasteiger partial charge in [0, 0.05) is 32.2 Å². The van der Waals surface area contributed by atoms with Crippen LogP contribution < -0.4 is 0 Å². The van der Waals surface area contributed by atoms with E-state index in [9.17, 15) is 30.0 Å². The van der Waals surface area contributed by atoms with Crippen molar-refractivity contribution in [1.29, 1.82) is 0 Å². The van der Waals surface area contributed by atoms with E-state index in [-0.39, 0.29) is 31.2 Å². The summed E-state index contributed by atoms with van der Waals surface area (Å²) in [5.74, 6) is -2.93. The number of hydrogen-bond donors (Lipinski definition) is 0. The van der Waals surface area contributed by atoms with Crippen molar-refractivity contribution in [2.24, 2.45) is 0 Å². The zero-order valence-electron chi connectivity index (χ0n) is 14.1. The van der Waals surface area contributed by atoms with Gasteiger partial charge in [-0.15, -0.1) is 0 Å². The molecule has 152 valence electrons. The van der Waals surface area contributed by atoms with Gasteiger partial charge in [-0.3, -0.25) is 0 Å². The first-order valence-corrected chi connectivity index (χ1v) is 11.2. The van der Waals surface area contributed by atoms with Gasteiger partial charge in [0.15, 0.2) is 0 Å². The zero-order valence-corrected chi connectivity index (χ0v) is 16.5. The highest BCUT2D eigenvalue weighted by Gasteiger charge is 2.35. The lowest BCUT2D eigenvalue weighted by Gasteiger charge is -2.33. The minimum absolute atomic E-state index is 0.162. The largest absolute Gasteiger partial charge is 0.246 e. The summed E-state index contributed by atoms with van der Waals surface area (Å²) in [7, 11) is -8.42. The maximum Gasteiger partial charge on any atom is 0.246 e. The summed E-state index contributed by atoms with van der Waals surface area (Å²) in [5, 5.41) is -0.162. The summed E-state index contributed by atoms with van der Waals surface area (Å²) in [6, 6.07) is 5.01. The topological polar surface area (TPSA) is 74.8 Å². The average molecular weight is 455 g/mol. The quantitative estimate of drug-likeness (QED) is 0.711. The van der Waals surface area contributed by atoms with Gasteiger partial charge in [0.05, 0.1) is 5.02 Å². The SMILES string of the molecule is O=S(=O)(c1ccc(F)cc1F)N1CCN(S(=O)(=O)c2cc(F)ccc2Cl)CC1. The number of piperazine rings is 1. The van der Waals surface area contributed by atoms with E-state index in [4.69, 9.17) is 11.6 Å². The molecular weight excluding hydrogens is 441 g/mol. The highest BCUT2D eigenvalue weighted by Crippen LogP contribution is 2.28. The number of hydrogen-bond acceptors (Lipinski definition) is 4. The van der Waals surface area contributed by atoms with Crippen molar-refractivity contribution < 1.29 is 30.0 Å². The van der Waals surface area contributed by atoms with E-state index in [1.54, 1.807) is 0 Å². The van der Waals surface area contributed by atoms with Gasteiger partial charge in [-0.05, 0) is 30.3 Å². The van der Waals surface area contributed by atoms with Crippen LogP contribution in [0.3, 0.4) is 0 Å². The third-order valence-corrected chi connectivity index (χ3v) is 8.53. The van der Waals surface area contributed by atoms with E-state index in [0.29, 0.717) is 6.07 Å². The first-order chi connectivity index (χ1) is 13.0. The van der Waals surface area contributed by atoms with Crippen molar-refractivity contribution in [3.63, 3.8) is 0 Å². The predicted octanol–water partition coefficient (Wildman–Crippen LogP) is 2.45. The molecule has 0 unspecified atom stereocenters. The van der Waals surface area contributed by atoms with E-state index in [1.807, 2.05) is 0 Å². The second-order valence-electron chi connectivity index (χ2n) is 5.96. The molecule has 3 rings (SSSR count). The van der Waals surface area contributed by atoms with Crippen LogP contribution >= 0.6 is 11.6 Å². The molecule has 0 amide bonds. The van der Waals surface area contributed by atoms with E-state index in [0.717, 1.165) is 38.9 Å². The molecule has 2 aromatic rings. The van der Waals surface area contributed by atoms with Crippen LogP contribution in [0, 0.1) is 17.5 Å². The second kappa shape index (κ2) is 7.64. The molecule has 0 radical (unpaired) electrons. The molecule has 2 aromatic carbocycles. The lowest BCUT2D eigenvalue weighted by atomic mass is 10.3. The Kier molecular flexibility index (Phi) is 5.74. The van der Waals surface area contributed by atoms with Crippen LogP contribution in [0.2, 0.25) is 5.02 Å². The standard InChI is InChI=1S/C16H14ClF3N2O4S2/c17-13-3-1-12(19)10-16(13)28(25,26)22-7-5-21(6-8-22)27(23,24)15-4-2-11(18)9-14(15)20/h1-4,9-10H,5-8H2. The van der Waals surface area contributed by atoms with Gasteiger partial charge in [0.25, 0.3) is 0 Å². The second-order valence-corrected chi connectivity index (χ2v) is 10.2. The predicted molar refractivity (Wildman–Crippen MR) is 95.3 cm³/mol. The molecule has 12 heteroatoms. The third-order valence-electron chi connectivity index (χ3n) is 4.22. The zero-order chi connectivity index (χ0) is 20.7. The minimum atomic E-state index is -4.27. The number of sulfonamides is 2. The van der Waals surface area contributed by atoms with Crippen LogP contribution in [0.25, 0.3) is 0 Å². The third kappa shape index (κ3) is 3.90. The van der Waals surface area contributed by atoms with Crippen molar-refractivity contribution in [3.8, 4) is 0 Å². The Morgan fingerprint density at radius 3 is 1.71 bits per heavy atom. The molecule has 0 N–H and O–H groups in total. The van der Waals surface area contributed by atoms with Gasteiger partial charge >= 0.3 is 0 Å². The van der Waals surface area contributed by atoms with Crippen LogP contribution in [-0.2, 0) is 20.0 Å². The molecule has 1 aliphatic heterocycles. The normalized spacial score (nSPS) is 17.0. The molecule has 1 saturated heterocycles. The molecule has 0 aliphatic carbocycles. The van der Waals surface area contributed by atoms with E-state index < -0.39 is 47.3 Å². The van der Waals surface area contributed by atoms with Crippen LogP contribution in [0.1, 0.15) is 0 Å². The fraction of sp³-hybridized carbons (Fsp3) is 0.250. The monoisotopic (exact) mass is 454 g/mol. The highest BCUT2D eigenvalue weighted by molar-refractivity contribution is 7.89. The van der Waals surface area contributed by atoms with E-state index in [1.165, 1.54) is 0 Å². The summed E-state index contributed by atoms with van der Waals surface area (Å²) >= 11 is 5.86. The molecule has 0 spiro atoms. The summed E-state index contributed by atoms with van der Waals surface area (Å²) < 4.78 is 92.7. The van der Waals surface area contributed by atoms with Crippen LogP contribution in [0.5, 0.6) is 0 Å². The summed E-state index contributed by atoms with van der Waals surface area (Å²) in [6.07, 6.45) is 0. The van der Waals surface area contributed by atoms with Gasteiger partial charge < -0.3 is 0 Å². The molecule has 0 saturated carbocycles. The van der Waals surface area contributed by atoms with Crippen molar-refractivity contribution in [3.05, 3.63) is 58.9 Å². The number of rotatable bonds is 4. The molecule has 0 aromatic heterocycles. The maximum atomic E-state index is 13.9. The van der Waals surface area contributed by atoms with Crippen molar-refractivity contribution in [2.45, 2.75) is 9.79 Å².